The summed E-state index contributed by atoms with van der Waals surface area (Å²) in [5.74, 6) is 0.828. The predicted molar refractivity (Wildman–Crippen MR) is 82.0 cm³/mol. The monoisotopic (exact) mass is 298 g/mol. The van der Waals surface area contributed by atoms with Crippen molar-refractivity contribution in [1.29, 1.82) is 0 Å². The average molecular weight is 298 g/mol. The van der Waals surface area contributed by atoms with Gasteiger partial charge in [0.05, 0.1) is 24.9 Å². The van der Waals surface area contributed by atoms with Crippen molar-refractivity contribution in [2.45, 2.75) is 76.7 Å². The fraction of sp³-hybridized carbons (Fsp3) is 0.938. The highest BCUT2D eigenvalue weighted by atomic mass is 16.5. The van der Waals surface area contributed by atoms with Gasteiger partial charge in [-0.3, -0.25) is 4.79 Å². The van der Waals surface area contributed by atoms with E-state index in [9.17, 15) is 9.90 Å². The van der Waals surface area contributed by atoms with Crippen LogP contribution in [-0.2, 0) is 9.53 Å². The number of amides is 1. The molecule has 2 fully saturated rings. The molecule has 2 unspecified atom stereocenters. The summed E-state index contributed by atoms with van der Waals surface area (Å²) >= 11 is 0. The molecule has 2 aliphatic rings. The maximum absolute atomic E-state index is 11.8. The van der Waals surface area contributed by atoms with E-state index in [0.717, 1.165) is 31.6 Å². The summed E-state index contributed by atoms with van der Waals surface area (Å²) in [6, 6.07) is 0.111. The predicted octanol–water partition coefficient (Wildman–Crippen LogP) is 1.20. The Bertz CT molecular complexity index is 325. The Kier molecular flexibility index (Phi) is 6.45. The van der Waals surface area contributed by atoms with Crippen molar-refractivity contribution in [2.24, 2.45) is 5.92 Å². The Hall–Kier alpha value is -0.650. The van der Waals surface area contributed by atoms with Gasteiger partial charge in [-0.2, -0.15) is 0 Å². The summed E-state index contributed by atoms with van der Waals surface area (Å²) in [6.45, 7) is 4.85. The molecule has 2 saturated carbocycles. The zero-order chi connectivity index (χ0) is 15.2. The van der Waals surface area contributed by atoms with Crippen LogP contribution in [0.3, 0.4) is 0 Å². The van der Waals surface area contributed by atoms with Crippen molar-refractivity contribution in [3.8, 4) is 0 Å². The number of ether oxygens (including phenoxy) is 1. The Morgan fingerprint density at radius 2 is 1.90 bits per heavy atom. The van der Waals surface area contributed by atoms with Crippen LogP contribution in [0.4, 0.5) is 0 Å². The number of aliphatic hydroxyl groups is 1. The van der Waals surface area contributed by atoms with E-state index in [-0.39, 0.29) is 11.9 Å². The molecular weight excluding hydrogens is 268 g/mol. The van der Waals surface area contributed by atoms with Crippen molar-refractivity contribution >= 4 is 5.91 Å². The molecule has 21 heavy (non-hydrogen) atoms. The molecule has 0 aromatic heterocycles. The van der Waals surface area contributed by atoms with Crippen LogP contribution in [0.15, 0.2) is 0 Å². The first kappa shape index (κ1) is 16.7. The van der Waals surface area contributed by atoms with Crippen LogP contribution < -0.4 is 10.6 Å². The molecule has 0 aromatic carbocycles. The lowest BCUT2D eigenvalue weighted by Gasteiger charge is -2.27. The lowest BCUT2D eigenvalue weighted by molar-refractivity contribution is -0.123. The lowest BCUT2D eigenvalue weighted by Crippen LogP contribution is -2.46. The SMILES string of the molecule is CC1CCC(OCC(O)CNC(C)C(=O)NC2CC2)CC1. The number of carbonyl (C=O) groups excluding carboxylic acids is 1. The van der Waals surface area contributed by atoms with E-state index in [4.69, 9.17) is 4.74 Å². The average Bonchev–Trinajstić information content (AvgIpc) is 3.28. The minimum Gasteiger partial charge on any atom is -0.389 e. The fourth-order valence-electron chi connectivity index (χ4n) is 2.66. The minimum absolute atomic E-state index is 0.0203. The minimum atomic E-state index is -0.555. The first-order valence-electron chi connectivity index (χ1n) is 8.38. The Morgan fingerprint density at radius 1 is 1.24 bits per heavy atom. The van der Waals surface area contributed by atoms with Crippen molar-refractivity contribution in [3.05, 3.63) is 0 Å². The van der Waals surface area contributed by atoms with Crippen LogP contribution >= 0.6 is 0 Å². The molecule has 5 nitrogen and oxygen atoms in total. The maximum atomic E-state index is 11.8. The van der Waals surface area contributed by atoms with Gasteiger partial charge in [-0.15, -0.1) is 0 Å². The van der Waals surface area contributed by atoms with Crippen molar-refractivity contribution in [1.82, 2.24) is 10.6 Å². The van der Waals surface area contributed by atoms with Gasteiger partial charge in [0.25, 0.3) is 0 Å². The molecule has 0 bridgehead atoms. The molecule has 3 N–H and O–H groups in total. The van der Waals surface area contributed by atoms with Crippen LogP contribution in [0.1, 0.15) is 52.4 Å². The van der Waals surface area contributed by atoms with Crippen LogP contribution in [0.5, 0.6) is 0 Å². The quantitative estimate of drug-likeness (QED) is 0.630. The molecule has 5 heteroatoms. The van der Waals surface area contributed by atoms with Gasteiger partial charge in [-0.05, 0) is 51.4 Å². The van der Waals surface area contributed by atoms with Crippen molar-refractivity contribution in [3.63, 3.8) is 0 Å². The topological polar surface area (TPSA) is 70.6 Å². The maximum Gasteiger partial charge on any atom is 0.237 e. The van der Waals surface area contributed by atoms with Crippen LogP contribution in [0.25, 0.3) is 0 Å². The first-order valence-corrected chi connectivity index (χ1v) is 8.38. The Morgan fingerprint density at radius 3 is 2.52 bits per heavy atom. The van der Waals surface area contributed by atoms with Gasteiger partial charge in [-0.1, -0.05) is 6.92 Å². The van der Waals surface area contributed by atoms with Gasteiger partial charge >= 0.3 is 0 Å². The molecule has 1 amide bonds. The summed E-state index contributed by atoms with van der Waals surface area (Å²) in [4.78, 5) is 11.8. The highest BCUT2D eigenvalue weighted by molar-refractivity contribution is 5.81. The number of hydrogen-bond donors (Lipinski definition) is 3. The molecular formula is C16H30N2O3. The number of aliphatic hydroxyl groups excluding tert-OH is 1. The summed E-state index contributed by atoms with van der Waals surface area (Å²) in [5, 5.41) is 16.0. The third-order valence-electron chi connectivity index (χ3n) is 4.46. The van der Waals surface area contributed by atoms with E-state index in [1.54, 1.807) is 0 Å². The number of rotatable bonds is 8. The summed E-state index contributed by atoms with van der Waals surface area (Å²) < 4.78 is 5.77. The molecule has 0 spiro atoms. The van der Waals surface area contributed by atoms with Gasteiger partial charge in [-0.25, -0.2) is 0 Å². The zero-order valence-corrected chi connectivity index (χ0v) is 13.3. The molecule has 0 aromatic rings. The van der Waals surface area contributed by atoms with E-state index >= 15 is 0 Å². The Balaban J connectivity index is 1.54. The van der Waals surface area contributed by atoms with E-state index in [2.05, 4.69) is 17.6 Å². The van der Waals surface area contributed by atoms with Gasteiger partial charge < -0.3 is 20.5 Å². The molecule has 0 heterocycles. The summed E-state index contributed by atoms with van der Waals surface area (Å²) in [5.41, 5.74) is 0. The summed E-state index contributed by atoms with van der Waals surface area (Å²) in [6.07, 6.45) is 6.56. The van der Waals surface area contributed by atoms with Crippen LogP contribution in [0.2, 0.25) is 0 Å². The molecule has 2 rings (SSSR count). The van der Waals surface area contributed by atoms with E-state index in [1.807, 2.05) is 6.92 Å². The molecule has 122 valence electrons. The van der Waals surface area contributed by atoms with Gasteiger partial charge in [0.2, 0.25) is 5.91 Å². The smallest absolute Gasteiger partial charge is 0.237 e. The van der Waals surface area contributed by atoms with E-state index in [0.29, 0.717) is 25.3 Å². The normalized spacial score (nSPS) is 28.9. The largest absolute Gasteiger partial charge is 0.389 e. The molecule has 0 radical (unpaired) electrons. The third kappa shape index (κ3) is 6.32. The van der Waals surface area contributed by atoms with Crippen molar-refractivity contribution < 1.29 is 14.6 Å². The second kappa shape index (κ2) is 8.11. The van der Waals surface area contributed by atoms with Gasteiger partial charge in [0, 0.05) is 12.6 Å². The number of hydrogen-bond acceptors (Lipinski definition) is 4. The fourth-order valence-corrected chi connectivity index (χ4v) is 2.66. The molecule has 2 atom stereocenters. The van der Waals surface area contributed by atoms with Crippen LogP contribution in [-0.4, -0.2) is 48.5 Å². The lowest BCUT2D eigenvalue weighted by atomic mass is 9.89. The van der Waals surface area contributed by atoms with Crippen molar-refractivity contribution in [2.75, 3.05) is 13.2 Å². The number of carbonyl (C=O) groups is 1. The molecule has 2 aliphatic carbocycles. The van der Waals surface area contributed by atoms with Crippen LogP contribution in [0, 0.1) is 5.92 Å². The zero-order valence-electron chi connectivity index (χ0n) is 13.3. The summed E-state index contributed by atoms with van der Waals surface area (Å²) in [7, 11) is 0. The van der Waals surface area contributed by atoms with E-state index < -0.39 is 6.10 Å². The number of nitrogens with one attached hydrogen (secondary N) is 2. The third-order valence-corrected chi connectivity index (χ3v) is 4.46. The van der Waals surface area contributed by atoms with E-state index in [1.165, 1.54) is 12.8 Å². The second-order valence-corrected chi connectivity index (χ2v) is 6.78. The molecule has 0 aliphatic heterocycles. The molecule has 0 saturated heterocycles. The second-order valence-electron chi connectivity index (χ2n) is 6.78. The Labute approximate surface area is 127 Å². The highest BCUT2D eigenvalue weighted by Gasteiger charge is 2.25. The van der Waals surface area contributed by atoms with Gasteiger partial charge in [0.15, 0.2) is 0 Å². The van der Waals surface area contributed by atoms with Gasteiger partial charge in [0.1, 0.15) is 0 Å². The first-order chi connectivity index (χ1) is 10.0. The highest BCUT2D eigenvalue weighted by Crippen LogP contribution is 2.25. The standard InChI is InChI=1S/C16H30N2O3/c1-11-3-7-15(8-4-11)21-10-14(19)9-17-12(2)16(20)18-13-5-6-13/h11-15,17,19H,3-10H2,1-2H3,(H,18,20).